The van der Waals surface area contributed by atoms with Crippen molar-refractivity contribution in [3.63, 3.8) is 0 Å². The van der Waals surface area contributed by atoms with Gasteiger partial charge in [-0.1, -0.05) is 6.08 Å². The standard InChI is InChI=1S/C10H18N2O2/c1-3-4-11-9(2)10(13)12-5-7-14-8-6-12/h3,9,11H,1,4-8H2,2H3. The van der Waals surface area contributed by atoms with Gasteiger partial charge in [-0.3, -0.25) is 4.79 Å². The van der Waals surface area contributed by atoms with Crippen LogP contribution in [0.15, 0.2) is 12.7 Å². The Morgan fingerprint density at radius 3 is 2.86 bits per heavy atom. The third kappa shape index (κ3) is 3.12. The number of carbonyl (C=O) groups excluding carboxylic acids is 1. The number of morpholine rings is 1. The van der Waals surface area contributed by atoms with Gasteiger partial charge in [0.25, 0.3) is 0 Å². The number of hydrogen-bond donors (Lipinski definition) is 1. The summed E-state index contributed by atoms with van der Waals surface area (Å²) in [6.07, 6.45) is 1.75. The minimum absolute atomic E-state index is 0.133. The van der Waals surface area contributed by atoms with Crippen LogP contribution in [0.4, 0.5) is 0 Å². The summed E-state index contributed by atoms with van der Waals surface area (Å²) in [6, 6.07) is -0.133. The van der Waals surface area contributed by atoms with Gasteiger partial charge in [-0.2, -0.15) is 0 Å². The molecule has 1 aliphatic rings. The van der Waals surface area contributed by atoms with Crippen molar-refractivity contribution in [2.45, 2.75) is 13.0 Å². The zero-order valence-electron chi connectivity index (χ0n) is 8.66. The molecule has 1 N–H and O–H groups in total. The van der Waals surface area contributed by atoms with Gasteiger partial charge in [-0.05, 0) is 6.92 Å². The lowest BCUT2D eigenvalue weighted by Crippen LogP contribution is -2.49. The number of nitrogens with one attached hydrogen (secondary N) is 1. The van der Waals surface area contributed by atoms with Gasteiger partial charge in [0.05, 0.1) is 19.3 Å². The van der Waals surface area contributed by atoms with Gasteiger partial charge in [0, 0.05) is 19.6 Å². The predicted molar refractivity (Wildman–Crippen MR) is 55.1 cm³/mol. The lowest BCUT2D eigenvalue weighted by Gasteiger charge is -2.29. The summed E-state index contributed by atoms with van der Waals surface area (Å²) >= 11 is 0. The first kappa shape index (κ1) is 11.2. The fourth-order valence-electron chi connectivity index (χ4n) is 1.41. The number of rotatable bonds is 4. The third-order valence-corrected chi connectivity index (χ3v) is 2.26. The van der Waals surface area contributed by atoms with Crippen molar-refractivity contribution < 1.29 is 9.53 Å². The van der Waals surface area contributed by atoms with Crippen molar-refractivity contribution in [1.82, 2.24) is 10.2 Å². The second-order valence-corrected chi connectivity index (χ2v) is 3.36. The highest BCUT2D eigenvalue weighted by Gasteiger charge is 2.21. The molecule has 0 aromatic rings. The minimum atomic E-state index is -0.133. The predicted octanol–water partition coefficient (Wildman–Crippen LogP) is 0.00930. The van der Waals surface area contributed by atoms with Crippen molar-refractivity contribution in [2.24, 2.45) is 0 Å². The average molecular weight is 198 g/mol. The molecule has 1 heterocycles. The van der Waals surface area contributed by atoms with E-state index in [4.69, 9.17) is 4.74 Å². The van der Waals surface area contributed by atoms with E-state index in [1.54, 1.807) is 6.08 Å². The Labute approximate surface area is 84.9 Å². The summed E-state index contributed by atoms with van der Waals surface area (Å²) in [4.78, 5) is 13.6. The van der Waals surface area contributed by atoms with Crippen LogP contribution in [0.25, 0.3) is 0 Å². The smallest absolute Gasteiger partial charge is 0.239 e. The molecule has 1 aliphatic heterocycles. The molecule has 14 heavy (non-hydrogen) atoms. The summed E-state index contributed by atoms with van der Waals surface area (Å²) in [5.41, 5.74) is 0. The van der Waals surface area contributed by atoms with Crippen LogP contribution in [-0.4, -0.2) is 49.7 Å². The van der Waals surface area contributed by atoms with Crippen molar-refractivity contribution in [3.05, 3.63) is 12.7 Å². The average Bonchev–Trinajstić information content (AvgIpc) is 2.26. The van der Waals surface area contributed by atoms with Gasteiger partial charge < -0.3 is 15.0 Å². The Morgan fingerprint density at radius 2 is 2.29 bits per heavy atom. The molecule has 0 saturated carbocycles. The van der Waals surface area contributed by atoms with Gasteiger partial charge in [0.1, 0.15) is 0 Å². The molecular formula is C10H18N2O2. The van der Waals surface area contributed by atoms with Gasteiger partial charge in [-0.25, -0.2) is 0 Å². The van der Waals surface area contributed by atoms with E-state index < -0.39 is 0 Å². The van der Waals surface area contributed by atoms with Crippen LogP contribution in [0.3, 0.4) is 0 Å². The molecule has 1 rings (SSSR count). The molecule has 4 nitrogen and oxygen atoms in total. The van der Waals surface area contributed by atoms with Crippen molar-refractivity contribution in [3.8, 4) is 0 Å². The van der Waals surface area contributed by atoms with E-state index in [0.717, 1.165) is 0 Å². The maximum Gasteiger partial charge on any atom is 0.239 e. The topological polar surface area (TPSA) is 41.6 Å². The van der Waals surface area contributed by atoms with E-state index in [-0.39, 0.29) is 11.9 Å². The van der Waals surface area contributed by atoms with Crippen molar-refractivity contribution in [2.75, 3.05) is 32.8 Å². The molecule has 1 fully saturated rings. The number of hydrogen-bond acceptors (Lipinski definition) is 3. The van der Waals surface area contributed by atoms with E-state index in [0.29, 0.717) is 32.8 Å². The van der Waals surface area contributed by atoms with Gasteiger partial charge >= 0.3 is 0 Å². The SMILES string of the molecule is C=CCNC(C)C(=O)N1CCOCC1. The first-order valence-corrected chi connectivity index (χ1v) is 4.96. The lowest BCUT2D eigenvalue weighted by atomic mass is 10.2. The molecule has 1 atom stereocenters. The lowest BCUT2D eigenvalue weighted by molar-refractivity contribution is -0.137. The molecule has 0 radical (unpaired) electrons. The zero-order valence-corrected chi connectivity index (χ0v) is 8.66. The minimum Gasteiger partial charge on any atom is -0.378 e. The maximum atomic E-state index is 11.8. The van der Waals surface area contributed by atoms with Crippen LogP contribution in [-0.2, 0) is 9.53 Å². The molecule has 0 aromatic heterocycles. The maximum absolute atomic E-state index is 11.8. The second-order valence-electron chi connectivity index (χ2n) is 3.36. The molecule has 0 aromatic carbocycles. The number of amides is 1. The fraction of sp³-hybridized carbons (Fsp3) is 0.700. The molecule has 0 bridgehead atoms. The van der Waals surface area contributed by atoms with Gasteiger partial charge in [-0.15, -0.1) is 6.58 Å². The molecule has 1 saturated heterocycles. The van der Waals surface area contributed by atoms with Crippen LogP contribution >= 0.6 is 0 Å². The summed E-state index contributed by atoms with van der Waals surface area (Å²) in [5, 5.41) is 3.08. The first-order valence-electron chi connectivity index (χ1n) is 4.96. The van der Waals surface area contributed by atoms with Crippen LogP contribution in [0.2, 0.25) is 0 Å². The second kappa shape index (κ2) is 5.78. The van der Waals surface area contributed by atoms with Crippen LogP contribution in [0.1, 0.15) is 6.92 Å². The Balaban J connectivity index is 2.34. The number of ether oxygens (including phenoxy) is 1. The first-order chi connectivity index (χ1) is 6.75. The molecule has 0 spiro atoms. The molecule has 1 amide bonds. The highest BCUT2D eigenvalue weighted by Crippen LogP contribution is 2.00. The number of nitrogens with zero attached hydrogens (tertiary/aromatic N) is 1. The van der Waals surface area contributed by atoms with Crippen LogP contribution < -0.4 is 5.32 Å². The van der Waals surface area contributed by atoms with E-state index >= 15 is 0 Å². The van der Waals surface area contributed by atoms with E-state index in [2.05, 4.69) is 11.9 Å². The van der Waals surface area contributed by atoms with Crippen molar-refractivity contribution >= 4 is 5.91 Å². The Hall–Kier alpha value is -0.870. The quantitative estimate of drug-likeness (QED) is 0.647. The van der Waals surface area contributed by atoms with Gasteiger partial charge in [0.2, 0.25) is 5.91 Å². The molecule has 0 aliphatic carbocycles. The molecule has 80 valence electrons. The highest BCUT2D eigenvalue weighted by atomic mass is 16.5. The third-order valence-electron chi connectivity index (χ3n) is 2.26. The normalized spacial score (nSPS) is 19.1. The Kier molecular flexibility index (Phi) is 4.62. The van der Waals surface area contributed by atoms with E-state index in [1.807, 2.05) is 11.8 Å². The zero-order chi connectivity index (χ0) is 10.4. The van der Waals surface area contributed by atoms with Crippen molar-refractivity contribution in [1.29, 1.82) is 0 Å². The van der Waals surface area contributed by atoms with Crippen LogP contribution in [0, 0.1) is 0 Å². The Morgan fingerprint density at radius 1 is 1.64 bits per heavy atom. The molecular weight excluding hydrogens is 180 g/mol. The largest absolute Gasteiger partial charge is 0.378 e. The van der Waals surface area contributed by atoms with E-state index in [1.165, 1.54) is 0 Å². The summed E-state index contributed by atoms with van der Waals surface area (Å²) in [6.45, 7) is 8.86. The summed E-state index contributed by atoms with van der Waals surface area (Å²) < 4.78 is 5.18. The Bertz CT molecular complexity index is 200. The van der Waals surface area contributed by atoms with Crippen LogP contribution in [0.5, 0.6) is 0 Å². The van der Waals surface area contributed by atoms with Gasteiger partial charge in [0.15, 0.2) is 0 Å². The number of carbonyl (C=O) groups is 1. The fourth-order valence-corrected chi connectivity index (χ4v) is 1.41. The molecule has 4 heteroatoms. The monoisotopic (exact) mass is 198 g/mol. The van der Waals surface area contributed by atoms with E-state index in [9.17, 15) is 4.79 Å². The highest BCUT2D eigenvalue weighted by molar-refractivity contribution is 5.81. The summed E-state index contributed by atoms with van der Waals surface area (Å²) in [5.74, 6) is 0.148. The molecule has 1 unspecified atom stereocenters. The summed E-state index contributed by atoms with van der Waals surface area (Å²) in [7, 11) is 0.